The van der Waals surface area contributed by atoms with Crippen LogP contribution in [-0.4, -0.2) is 28.4 Å². The van der Waals surface area contributed by atoms with Crippen LogP contribution in [0.5, 0.6) is 5.75 Å². The van der Waals surface area contributed by atoms with Crippen molar-refractivity contribution in [3.05, 3.63) is 27.3 Å². The maximum Gasteiger partial charge on any atom is 1.00 e. The molecule has 0 aromatic heterocycles. The number of rotatable bonds is 2. The molecule has 1 aromatic rings. The van der Waals surface area contributed by atoms with E-state index >= 15 is 0 Å². The third-order valence-electron chi connectivity index (χ3n) is 1.27. The molecule has 0 saturated heterocycles. The van der Waals surface area contributed by atoms with Gasteiger partial charge in [0, 0.05) is 0 Å². The van der Waals surface area contributed by atoms with Gasteiger partial charge < -0.3 is 24.5 Å². The Morgan fingerprint density at radius 2 is 1.94 bits per heavy atom. The monoisotopic (exact) mass is 382 g/mol. The number of halogens is 2. The molecule has 0 saturated carbocycles. The fourth-order valence-corrected chi connectivity index (χ4v) is 1.66. The van der Waals surface area contributed by atoms with Crippen molar-refractivity contribution in [1.82, 2.24) is 0 Å². The molecule has 0 bridgehead atoms. The van der Waals surface area contributed by atoms with Crippen LogP contribution in [-0.2, 0) is 0 Å². The van der Waals surface area contributed by atoms with Crippen molar-refractivity contribution < 1.29 is 58.8 Å². The van der Waals surface area contributed by atoms with Gasteiger partial charge in [0.15, 0.2) is 5.75 Å². The van der Waals surface area contributed by atoms with Crippen LogP contribution >= 0.6 is 34.5 Å². The van der Waals surface area contributed by atoms with Crippen LogP contribution in [0.1, 0.15) is 10.4 Å². The number of carboxylic acids is 1. The quantitative estimate of drug-likeness (QED) is 0.368. The van der Waals surface area contributed by atoms with E-state index in [0.717, 1.165) is 0 Å². The molecule has 0 fully saturated rings. The Kier molecular flexibility index (Phi) is 12.1. The summed E-state index contributed by atoms with van der Waals surface area (Å²) in [5, 5.41) is 31.4. The van der Waals surface area contributed by atoms with Crippen molar-refractivity contribution in [1.29, 1.82) is 0 Å². The van der Waals surface area contributed by atoms with Crippen molar-refractivity contribution in [2.75, 3.05) is 0 Å². The molecule has 0 aliphatic carbocycles. The molecule has 17 heavy (non-hydrogen) atoms. The summed E-state index contributed by atoms with van der Waals surface area (Å²) in [4.78, 5) is 10.6. The van der Waals surface area contributed by atoms with Gasteiger partial charge in [-0.25, -0.2) is 4.79 Å². The Labute approximate surface area is 138 Å². The van der Waals surface area contributed by atoms with E-state index in [4.69, 9.17) is 32.0 Å². The van der Waals surface area contributed by atoms with Crippen LogP contribution < -0.4 is 38.9 Å². The van der Waals surface area contributed by atoms with E-state index in [1.165, 1.54) is 6.07 Å². The zero-order valence-corrected chi connectivity index (χ0v) is 13.5. The normalized spacial score (nSPS) is 8.29. The molecular weight excluding hydrogens is 376 g/mol. The summed E-state index contributed by atoms with van der Waals surface area (Å²) in [5.41, 5.74) is 0.0666. The molecule has 6 nitrogen and oxygen atoms in total. The molecule has 1 rings (SSSR count). The van der Waals surface area contributed by atoms with E-state index < -0.39 is 13.3 Å². The van der Waals surface area contributed by atoms with Crippen LogP contribution in [0, 0.1) is 3.57 Å². The number of para-hydroxylation sites is 1. The summed E-state index contributed by atoms with van der Waals surface area (Å²) in [6, 6.07) is 4.78. The Balaban J connectivity index is 0. The van der Waals surface area contributed by atoms with Gasteiger partial charge in [-0.15, -0.1) is 0 Å². The van der Waals surface area contributed by atoms with Crippen molar-refractivity contribution in [3.63, 3.8) is 0 Å². The first-order valence-electron chi connectivity index (χ1n) is 3.72. The fourth-order valence-electron chi connectivity index (χ4n) is 0.756. The fraction of sp³-hybridized carbons (Fsp3) is 0. The SMILES string of the molecule is O=C(O)c1cccc(I)c1OCl.[Na+].[O-]B(O)O. The molecule has 88 valence electrons. The van der Waals surface area contributed by atoms with E-state index in [1.807, 2.05) is 22.6 Å². The van der Waals surface area contributed by atoms with Crippen LogP contribution in [0.4, 0.5) is 0 Å². The Bertz CT molecular complexity index is 363. The zero-order chi connectivity index (χ0) is 12.7. The van der Waals surface area contributed by atoms with Gasteiger partial charge in [-0.05, 0) is 34.7 Å². The maximum atomic E-state index is 10.6. The minimum atomic E-state index is -2.42. The first-order valence-corrected chi connectivity index (χ1v) is 5.11. The summed E-state index contributed by atoms with van der Waals surface area (Å²) in [6.45, 7) is 0. The summed E-state index contributed by atoms with van der Waals surface area (Å²) < 4.78 is 5.09. The second-order valence-corrected chi connectivity index (χ2v) is 3.64. The molecule has 0 atom stereocenters. The largest absolute Gasteiger partial charge is 1.00 e. The van der Waals surface area contributed by atoms with Gasteiger partial charge in [-0.1, -0.05) is 6.07 Å². The summed E-state index contributed by atoms with van der Waals surface area (Å²) in [6.07, 6.45) is 0. The third kappa shape index (κ3) is 8.22. The van der Waals surface area contributed by atoms with E-state index in [9.17, 15) is 4.79 Å². The van der Waals surface area contributed by atoms with Gasteiger partial charge in [-0.3, -0.25) is 0 Å². The molecule has 0 aliphatic heterocycles. The molecule has 0 unspecified atom stereocenters. The van der Waals surface area contributed by atoms with E-state index in [0.29, 0.717) is 3.57 Å². The molecule has 0 heterocycles. The number of carbonyl (C=O) groups is 1. The van der Waals surface area contributed by atoms with Crippen molar-refractivity contribution >= 4 is 47.7 Å². The van der Waals surface area contributed by atoms with E-state index in [2.05, 4.69) is 4.29 Å². The average molecular weight is 382 g/mol. The zero-order valence-electron chi connectivity index (χ0n) is 8.63. The third-order valence-corrected chi connectivity index (χ3v) is 2.28. The van der Waals surface area contributed by atoms with Crippen LogP contribution in [0.15, 0.2) is 18.2 Å². The Hall–Kier alpha value is 0.455. The standard InChI is InChI=1S/C7H4ClIO3.BH2O3.Na/c8-12-6-4(7(10)11)2-1-3-5(6)9;2-1(3)4;/h1-3H,(H,10,11);2-3H;/q;-1;+1. The minimum absolute atomic E-state index is 0. The van der Waals surface area contributed by atoms with Gasteiger partial charge in [0.05, 0.1) is 3.57 Å². The van der Waals surface area contributed by atoms with Crippen LogP contribution in [0.2, 0.25) is 0 Å². The second kappa shape index (κ2) is 10.4. The number of benzene rings is 1. The van der Waals surface area contributed by atoms with Crippen molar-refractivity contribution in [2.24, 2.45) is 0 Å². The first-order chi connectivity index (χ1) is 7.40. The van der Waals surface area contributed by atoms with Crippen molar-refractivity contribution in [3.8, 4) is 5.75 Å². The smallest absolute Gasteiger partial charge is 0.832 e. The van der Waals surface area contributed by atoms with Gasteiger partial charge in [0.1, 0.15) is 17.4 Å². The van der Waals surface area contributed by atoms with Crippen LogP contribution in [0.3, 0.4) is 0 Å². The molecule has 0 amide bonds. The predicted octanol–water partition coefficient (Wildman–Crippen LogP) is -3.16. The van der Waals surface area contributed by atoms with Gasteiger partial charge in [0.2, 0.25) is 0 Å². The molecule has 0 aliphatic rings. The molecular formula is C7H6BClINaO6. The first kappa shape index (κ1) is 19.8. The van der Waals surface area contributed by atoms with Gasteiger partial charge >= 0.3 is 42.8 Å². The van der Waals surface area contributed by atoms with Gasteiger partial charge in [-0.2, -0.15) is 0 Å². The number of aromatic carboxylic acids is 1. The average Bonchev–Trinajstić information content (AvgIpc) is 2.16. The molecule has 3 N–H and O–H groups in total. The molecule has 0 spiro atoms. The summed E-state index contributed by atoms with van der Waals surface area (Å²) in [7, 11) is -2.42. The Morgan fingerprint density at radius 1 is 1.47 bits per heavy atom. The van der Waals surface area contributed by atoms with Crippen molar-refractivity contribution in [2.45, 2.75) is 0 Å². The molecule has 10 heteroatoms. The summed E-state index contributed by atoms with van der Waals surface area (Å²) >= 11 is 7.06. The van der Waals surface area contributed by atoms with E-state index in [-0.39, 0.29) is 40.9 Å². The summed E-state index contributed by atoms with van der Waals surface area (Å²) in [5.74, 6) is -0.864. The number of hydrogen-bond donors (Lipinski definition) is 3. The van der Waals surface area contributed by atoms with E-state index in [1.54, 1.807) is 12.1 Å². The molecule has 1 aromatic carbocycles. The second-order valence-electron chi connectivity index (χ2n) is 2.33. The minimum Gasteiger partial charge on any atom is -0.832 e. The number of hydrogen-bond acceptors (Lipinski definition) is 5. The Morgan fingerprint density at radius 3 is 2.24 bits per heavy atom. The number of carboxylic acid groups (broad SMARTS) is 1. The van der Waals surface area contributed by atoms with Crippen LogP contribution in [0.25, 0.3) is 0 Å². The topological polar surface area (TPSA) is 110 Å². The predicted molar refractivity (Wildman–Crippen MR) is 62.8 cm³/mol. The van der Waals surface area contributed by atoms with Gasteiger partial charge in [0.25, 0.3) is 0 Å². The maximum absolute atomic E-state index is 10.6. The molecule has 0 radical (unpaired) electrons.